The molecule has 84 valence electrons. The highest BCUT2D eigenvalue weighted by molar-refractivity contribution is 7.09. The molecule has 1 aromatic heterocycles. The molecule has 0 radical (unpaired) electrons. The Hall–Kier alpha value is -0.450. The van der Waals surface area contributed by atoms with E-state index < -0.39 is 0 Å². The van der Waals surface area contributed by atoms with Crippen LogP contribution >= 0.6 is 11.3 Å². The number of hydrogen-bond donors (Lipinski definition) is 2. The summed E-state index contributed by atoms with van der Waals surface area (Å²) >= 11 is 1.69. The fraction of sp³-hybridized carbons (Fsp3) is 0.727. The van der Waals surface area contributed by atoms with Gasteiger partial charge in [0.2, 0.25) is 0 Å². The first kappa shape index (κ1) is 11.0. The third kappa shape index (κ3) is 1.94. The maximum atomic E-state index is 9.61. The van der Waals surface area contributed by atoms with Crippen molar-refractivity contribution in [1.29, 1.82) is 0 Å². The zero-order chi connectivity index (χ0) is 11.1. The summed E-state index contributed by atoms with van der Waals surface area (Å²) in [6.45, 7) is 7.13. The van der Waals surface area contributed by atoms with E-state index in [1.165, 1.54) is 4.88 Å². The molecule has 3 nitrogen and oxygen atoms in total. The third-order valence-electron chi connectivity index (χ3n) is 3.57. The van der Waals surface area contributed by atoms with Gasteiger partial charge in [-0.15, -0.1) is 11.3 Å². The second-order valence-corrected chi connectivity index (χ2v) is 5.81. The highest BCUT2D eigenvalue weighted by Crippen LogP contribution is 2.40. The number of thiazole rings is 1. The Balaban J connectivity index is 1.88. The van der Waals surface area contributed by atoms with Crippen LogP contribution in [0.15, 0.2) is 5.51 Å². The first-order valence-corrected chi connectivity index (χ1v) is 6.20. The van der Waals surface area contributed by atoms with Crippen molar-refractivity contribution in [2.75, 3.05) is 0 Å². The van der Waals surface area contributed by atoms with Crippen molar-refractivity contribution in [2.24, 2.45) is 5.41 Å². The molecule has 1 fully saturated rings. The van der Waals surface area contributed by atoms with Crippen molar-refractivity contribution in [2.45, 2.75) is 45.9 Å². The first-order chi connectivity index (χ1) is 7.01. The average molecular weight is 226 g/mol. The van der Waals surface area contributed by atoms with Crippen LogP contribution in [0.4, 0.5) is 0 Å². The van der Waals surface area contributed by atoms with Gasteiger partial charge in [0, 0.05) is 22.9 Å². The number of nitrogens with zero attached hydrogens (tertiary/aromatic N) is 1. The topological polar surface area (TPSA) is 45.2 Å². The van der Waals surface area contributed by atoms with Crippen LogP contribution in [0.3, 0.4) is 0 Å². The van der Waals surface area contributed by atoms with Crippen LogP contribution in [0.1, 0.15) is 30.8 Å². The Morgan fingerprint density at radius 1 is 1.67 bits per heavy atom. The summed E-state index contributed by atoms with van der Waals surface area (Å²) in [5.74, 6) is 0. The molecule has 2 unspecified atom stereocenters. The maximum absolute atomic E-state index is 9.61. The van der Waals surface area contributed by atoms with E-state index in [4.69, 9.17) is 0 Å². The molecule has 0 saturated heterocycles. The maximum Gasteiger partial charge on any atom is 0.0798 e. The average Bonchev–Trinajstić information content (AvgIpc) is 2.58. The van der Waals surface area contributed by atoms with Crippen LogP contribution in [0.25, 0.3) is 0 Å². The van der Waals surface area contributed by atoms with Gasteiger partial charge in [0.1, 0.15) is 0 Å². The first-order valence-electron chi connectivity index (χ1n) is 5.32. The Bertz CT molecular complexity index is 348. The standard InChI is InChI=1S/C11H18N2OS/c1-7-8(15-6-13-7)5-12-9-4-10(14)11(9,2)3/h6,9-10,12,14H,4-5H2,1-3H3. The number of aryl methyl sites for hydroxylation is 1. The van der Waals surface area contributed by atoms with Crippen LogP contribution < -0.4 is 5.32 Å². The molecule has 1 aliphatic carbocycles. The van der Waals surface area contributed by atoms with Crippen LogP contribution in [-0.2, 0) is 6.54 Å². The number of hydrogen-bond acceptors (Lipinski definition) is 4. The number of aromatic nitrogens is 1. The summed E-state index contributed by atoms with van der Waals surface area (Å²) in [5.41, 5.74) is 3.01. The number of aliphatic hydroxyl groups is 1. The summed E-state index contributed by atoms with van der Waals surface area (Å²) < 4.78 is 0. The molecule has 0 amide bonds. The summed E-state index contributed by atoms with van der Waals surface area (Å²) in [5, 5.41) is 13.1. The van der Waals surface area contributed by atoms with Gasteiger partial charge in [-0.2, -0.15) is 0 Å². The zero-order valence-electron chi connectivity index (χ0n) is 9.45. The van der Waals surface area contributed by atoms with Gasteiger partial charge < -0.3 is 10.4 Å². The van der Waals surface area contributed by atoms with Gasteiger partial charge in [-0.1, -0.05) is 13.8 Å². The van der Waals surface area contributed by atoms with Crippen LogP contribution in [0.2, 0.25) is 0 Å². The predicted octanol–water partition coefficient (Wildman–Crippen LogP) is 1.70. The van der Waals surface area contributed by atoms with E-state index in [9.17, 15) is 5.11 Å². The number of nitrogens with one attached hydrogen (secondary N) is 1. The van der Waals surface area contributed by atoms with Gasteiger partial charge in [-0.3, -0.25) is 0 Å². The molecule has 0 aromatic carbocycles. The van der Waals surface area contributed by atoms with Crippen molar-refractivity contribution >= 4 is 11.3 Å². The Labute approximate surface area is 94.5 Å². The summed E-state index contributed by atoms with van der Waals surface area (Å²) in [4.78, 5) is 5.52. The molecular formula is C11H18N2OS. The van der Waals surface area contributed by atoms with Gasteiger partial charge in [-0.05, 0) is 13.3 Å². The summed E-state index contributed by atoms with van der Waals surface area (Å²) in [6, 6.07) is 0.425. The second kappa shape index (κ2) is 3.85. The second-order valence-electron chi connectivity index (χ2n) is 4.87. The molecule has 1 heterocycles. The zero-order valence-corrected chi connectivity index (χ0v) is 10.3. The Morgan fingerprint density at radius 3 is 2.87 bits per heavy atom. The van der Waals surface area contributed by atoms with Gasteiger partial charge in [0.05, 0.1) is 17.3 Å². The highest BCUT2D eigenvalue weighted by atomic mass is 32.1. The van der Waals surface area contributed by atoms with Gasteiger partial charge in [0.25, 0.3) is 0 Å². The van der Waals surface area contributed by atoms with E-state index >= 15 is 0 Å². The summed E-state index contributed by atoms with van der Waals surface area (Å²) in [7, 11) is 0. The smallest absolute Gasteiger partial charge is 0.0798 e. The van der Waals surface area contributed by atoms with Gasteiger partial charge in [-0.25, -0.2) is 4.98 Å². The van der Waals surface area contributed by atoms with Crippen LogP contribution in [0, 0.1) is 12.3 Å². The van der Waals surface area contributed by atoms with E-state index in [1.807, 2.05) is 12.4 Å². The van der Waals surface area contributed by atoms with Gasteiger partial charge >= 0.3 is 0 Å². The summed E-state index contributed by atoms with van der Waals surface area (Å²) in [6.07, 6.45) is 0.711. The molecule has 4 heteroatoms. The predicted molar refractivity (Wildman–Crippen MR) is 61.9 cm³/mol. The van der Waals surface area contributed by atoms with E-state index in [1.54, 1.807) is 11.3 Å². The molecule has 0 bridgehead atoms. The van der Waals surface area contributed by atoms with Crippen molar-refractivity contribution in [1.82, 2.24) is 10.3 Å². The van der Waals surface area contributed by atoms with Crippen molar-refractivity contribution < 1.29 is 5.11 Å². The SMILES string of the molecule is Cc1ncsc1CNC1CC(O)C1(C)C. The van der Waals surface area contributed by atoms with E-state index in [-0.39, 0.29) is 11.5 Å². The number of rotatable bonds is 3. The van der Waals surface area contributed by atoms with Crippen molar-refractivity contribution in [3.8, 4) is 0 Å². The third-order valence-corrected chi connectivity index (χ3v) is 4.50. The molecule has 15 heavy (non-hydrogen) atoms. The van der Waals surface area contributed by atoms with Crippen LogP contribution in [-0.4, -0.2) is 22.2 Å². The molecule has 2 N–H and O–H groups in total. The molecule has 1 saturated carbocycles. The lowest BCUT2D eigenvalue weighted by molar-refractivity contribution is -0.0729. The molecule has 1 aliphatic rings. The molecule has 0 aliphatic heterocycles. The lowest BCUT2D eigenvalue weighted by Crippen LogP contribution is -2.59. The fourth-order valence-corrected chi connectivity index (χ4v) is 2.69. The molecular weight excluding hydrogens is 208 g/mol. The minimum atomic E-state index is -0.155. The Morgan fingerprint density at radius 2 is 2.40 bits per heavy atom. The van der Waals surface area contributed by atoms with Crippen molar-refractivity contribution in [3.05, 3.63) is 16.1 Å². The largest absolute Gasteiger partial charge is 0.392 e. The minimum Gasteiger partial charge on any atom is -0.392 e. The lowest BCUT2D eigenvalue weighted by Gasteiger charge is -2.49. The molecule has 2 atom stereocenters. The normalized spacial score (nSPS) is 28.8. The molecule has 1 aromatic rings. The number of aliphatic hydroxyl groups excluding tert-OH is 1. The van der Waals surface area contributed by atoms with E-state index in [0.29, 0.717) is 6.04 Å². The highest BCUT2D eigenvalue weighted by Gasteiger charge is 2.46. The Kier molecular flexibility index (Phi) is 2.83. The van der Waals surface area contributed by atoms with Crippen LogP contribution in [0.5, 0.6) is 0 Å². The minimum absolute atomic E-state index is 0.0125. The quantitative estimate of drug-likeness (QED) is 0.824. The monoisotopic (exact) mass is 226 g/mol. The van der Waals surface area contributed by atoms with Gasteiger partial charge in [0.15, 0.2) is 0 Å². The van der Waals surface area contributed by atoms with Crippen molar-refractivity contribution in [3.63, 3.8) is 0 Å². The van der Waals surface area contributed by atoms with E-state index in [2.05, 4.69) is 24.1 Å². The molecule has 2 rings (SSSR count). The fourth-order valence-electron chi connectivity index (χ4n) is 1.96. The lowest BCUT2D eigenvalue weighted by atomic mass is 9.64. The molecule has 0 spiro atoms. The van der Waals surface area contributed by atoms with E-state index in [0.717, 1.165) is 18.7 Å².